The second-order valence-corrected chi connectivity index (χ2v) is 3.79. The third-order valence-electron chi connectivity index (χ3n) is 2.10. The van der Waals surface area contributed by atoms with Crippen molar-refractivity contribution in [3.05, 3.63) is 11.1 Å². The Morgan fingerprint density at radius 2 is 2.67 bits per heavy atom. The third-order valence-corrected chi connectivity index (χ3v) is 2.65. The summed E-state index contributed by atoms with van der Waals surface area (Å²) in [5.41, 5.74) is 6.84. The molecule has 0 saturated carbocycles. The Morgan fingerprint density at radius 3 is 3.25 bits per heavy atom. The Morgan fingerprint density at radius 1 is 1.75 bits per heavy atom. The van der Waals surface area contributed by atoms with Gasteiger partial charge in [-0.05, 0) is 18.0 Å². The molecule has 1 aliphatic rings. The van der Waals surface area contributed by atoms with Crippen LogP contribution in [0.25, 0.3) is 0 Å². The minimum atomic E-state index is 0.358. The summed E-state index contributed by atoms with van der Waals surface area (Å²) < 4.78 is 3.82. The van der Waals surface area contributed by atoms with Gasteiger partial charge in [0.05, 0.1) is 5.69 Å². The van der Waals surface area contributed by atoms with E-state index < -0.39 is 0 Å². The molecule has 1 atom stereocenters. The summed E-state index contributed by atoms with van der Waals surface area (Å²) in [4.78, 5) is 2.32. The monoisotopic (exact) mass is 184 g/mol. The molecule has 1 aliphatic heterocycles. The van der Waals surface area contributed by atoms with E-state index in [1.54, 1.807) is 0 Å². The summed E-state index contributed by atoms with van der Waals surface area (Å²) in [6.45, 7) is 3.00. The van der Waals surface area contributed by atoms with Crippen molar-refractivity contribution in [3.8, 4) is 0 Å². The first kappa shape index (κ1) is 8.10. The molecule has 2 N–H and O–H groups in total. The van der Waals surface area contributed by atoms with Crippen LogP contribution in [-0.4, -0.2) is 33.6 Å². The Labute approximate surface area is 75.5 Å². The van der Waals surface area contributed by atoms with Gasteiger partial charge in [-0.25, -0.2) is 0 Å². The molecule has 0 amide bonds. The lowest BCUT2D eigenvalue weighted by Crippen LogP contribution is -2.26. The fourth-order valence-corrected chi connectivity index (χ4v) is 1.93. The quantitative estimate of drug-likeness (QED) is 0.706. The van der Waals surface area contributed by atoms with Gasteiger partial charge < -0.3 is 5.73 Å². The van der Waals surface area contributed by atoms with E-state index in [0.29, 0.717) is 6.04 Å². The van der Waals surface area contributed by atoms with E-state index in [1.165, 1.54) is 11.5 Å². The van der Waals surface area contributed by atoms with Gasteiger partial charge in [-0.3, -0.25) is 4.90 Å². The zero-order chi connectivity index (χ0) is 8.39. The Bertz CT molecular complexity index is 236. The Balaban J connectivity index is 1.88. The van der Waals surface area contributed by atoms with E-state index >= 15 is 0 Å². The maximum atomic E-state index is 5.78. The van der Waals surface area contributed by atoms with Crippen LogP contribution < -0.4 is 5.73 Å². The smallest absolute Gasteiger partial charge is 0.0895 e. The first-order valence-electron chi connectivity index (χ1n) is 4.08. The standard InChI is InChI=1S/C7H12N4S/c8-6-1-2-11(3-6)4-7-5-12-10-9-7/h5-6H,1-4,8H2. The van der Waals surface area contributed by atoms with E-state index in [-0.39, 0.29) is 0 Å². The minimum absolute atomic E-state index is 0.358. The molecule has 2 heterocycles. The van der Waals surface area contributed by atoms with Gasteiger partial charge in [-0.1, -0.05) is 4.49 Å². The van der Waals surface area contributed by atoms with Gasteiger partial charge in [0.2, 0.25) is 0 Å². The number of nitrogens with two attached hydrogens (primary N) is 1. The van der Waals surface area contributed by atoms with E-state index in [1.807, 2.05) is 5.38 Å². The highest BCUT2D eigenvalue weighted by Gasteiger charge is 2.19. The SMILES string of the molecule is NC1CCN(Cc2csnn2)C1. The Kier molecular flexibility index (Phi) is 2.34. The highest BCUT2D eigenvalue weighted by Crippen LogP contribution is 2.10. The molecular formula is C7H12N4S. The summed E-state index contributed by atoms with van der Waals surface area (Å²) in [5, 5.41) is 5.98. The van der Waals surface area contributed by atoms with Gasteiger partial charge in [0, 0.05) is 31.1 Å². The van der Waals surface area contributed by atoms with Crippen molar-refractivity contribution < 1.29 is 0 Å². The number of nitrogens with zero attached hydrogens (tertiary/aromatic N) is 3. The van der Waals surface area contributed by atoms with Crippen molar-refractivity contribution in [1.82, 2.24) is 14.5 Å². The van der Waals surface area contributed by atoms with Crippen LogP contribution in [0.1, 0.15) is 12.1 Å². The van der Waals surface area contributed by atoms with Crippen LogP contribution in [0.15, 0.2) is 5.38 Å². The predicted molar refractivity (Wildman–Crippen MR) is 47.8 cm³/mol. The fraction of sp³-hybridized carbons (Fsp3) is 0.714. The maximum Gasteiger partial charge on any atom is 0.0895 e. The van der Waals surface area contributed by atoms with Crippen LogP contribution in [0.5, 0.6) is 0 Å². The predicted octanol–water partition coefficient (Wildman–Crippen LogP) is 0.0711. The average Bonchev–Trinajstić information content (AvgIpc) is 2.63. The molecule has 0 spiro atoms. The van der Waals surface area contributed by atoms with Gasteiger partial charge in [-0.2, -0.15) is 0 Å². The van der Waals surface area contributed by atoms with Crippen LogP contribution in [0.3, 0.4) is 0 Å². The molecule has 1 fully saturated rings. The molecule has 5 heteroatoms. The zero-order valence-corrected chi connectivity index (χ0v) is 7.63. The van der Waals surface area contributed by atoms with E-state index in [9.17, 15) is 0 Å². The van der Waals surface area contributed by atoms with Gasteiger partial charge >= 0.3 is 0 Å². The van der Waals surface area contributed by atoms with Gasteiger partial charge in [0.25, 0.3) is 0 Å². The molecule has 4 nitrogen and oxygen atoms in total. The highest BCUT2D eigenvalue weighted by atomic mass is 32.1. The number of likely N-dealkylation sites (tertiary alicyclic amines) is 1. The summed E-state index contributed by atoms with van der Waals surface area (Å²) in [6.07, 6.45) is 1.11. The molecule has 0 radical (unpaired) electrons. The fourth-order valence-electron chi connectivity index (χ4n) is 1.49. The van der Waals surface area contributed by atoms with Gasteiger partial charge in [-0.15, -0.1) is 5.10 Å². The number of hydrogen-bond acceptors (Lipinski definition) is 5. The molecule has 0 bridgehead atoms. The lowest BCUT2D eigenvalue weighted by Gasteiger charge is -2.11. The normalized spacial score (nSPS) is 24.9. The van der Waals surface area contributed by atoms with Crippen molar-refractivity contribution in [2.24, 2.45) is 5.73 Å². The van der Waals surface area contributed by atoms with Crippen LogP contribution in [-0.2, 0) is 6.54 Å². The molecule has 2 rings (SSSR count). The minimum Gasteiger partial charge on any atom is -0.326 e. The first-order chi connectivity index (χ1) is 5.84. The summed E-state index contributed by atoms with van der Waals surface area (Å²) in [7, 11) is 0. The van der Waals surface area contributed by atoms with E-state index in [4.69, 9.17) is 5.73 Å². The Hall–Kier alpha value is -0.520. The van der Waals surface area contributed by atoms with Crippen molar-refractivity contribution in [2.75, 3.05) is 13.1 Å². The second-order valence-electron chi connectivity index (χ2n) is 3.18. The lowest BCUT2D eigenvalue weighted by atomic mass is 10.3. The zero-order valence-electron chi connectivity index (χ0n) is 6.81. The van der Waals surface area contributed by atoms with Crippen LogP contribution in [0.2, 0.25) is 0 Å². The summed E-state index contributed by atoms with van der Waals surface area (Å²) in [6, 6.07) is 0.358. The second kappa shape index (κ2) is 3.47. The van der Waals surface area contributed by atoms with Crippen LogP contribution in [0, 0.1) is 0 Å². The first-order valence-corrected chi connectivity index (χ1v) is 4.92. The summed E-state index contributed by atoms with van der Waals surface area (Å²) >= 11 is 1.40. The van der Waals surface area contributed by atoms with Crippen LogP contribution >= 0.6 is 11.5 Å². The average molecular weight is 184 g/mol. The highest BCUT2D eigenvalue weighted by molar-refractivity contribution is 7.03. The molecule has 12 heavy (non-hydrogen) atoms. The number of aromatic nitrogens is 2. The molecule has 66 valence electrons. The van der Waals surface area contributed by atoms with Gasteiger partial charge in [0.15, 0.2) is 0 Å². The molecular weight excluding hydrogens is 172 g/mol. The van der Waals surface area contributed by atoms with E-state index in [0.717, 1.165) is 31.7 Å². The largest absolute Gasteiger partial charge is 0.326 e. The third kappa shape index (κ3) is 1.80. The van der Waals surface area contributed by atoms with Crippen molar-refractivity contribution in [1.29, 1.82) is 0 Å². The molecule has 0 aliphatic carbocycles. The van der Waals surface area contributed by atoms with Gasteiger partial charge in [0.1, 0.15) is 0 Å². The molecule has 1 saturated heterocycles. The van der Waals surface area contributed by atoms with Crippen LogP contribution in [0.4, 0.5) is 0 Å². The number of rotatable bonds is 2. The summed E-state index contributed by atoms with van der Waals surface area (Å²) in [5.74, 6) is 0. The molecule has 1 unspecified atom stereocenters. The number of hydrogen-bond donors (Lipinski definition) is 1. The van der Waals surface area contributed by atoms with Crippen molar-refractivity contribution >= 4 is 11.5 Å². The van der Waals surface area contributed by atoms with Crippen molar-refractivity contribution in [3.63, 3.8) is 0 Å². The molecule has 1 aromatic rings. The lowest BCUT2D eigenvalue weighted by molar-refractivity contribution is 0.322. The topological polar surface area (TPSA) is 55.0 Å². The van der Waals surface area contributed by atoms with E-state index in [2.05, 4.69) is 14.5 Å². The maximum absolute atomic E-state index is 5.78. The van der Waals surface area contributed by atoms with Crippen molar-refractivity contribution in [2.45, 2.75) is 19.0 Å². The molecule has 0 aromatic carbocycles. The molecule has 1 aromatic heterocycles.